The molecule has 136 valence electrons. The fourth-order valence-electron chi connectivity index (χ4n) is 3.15. The van der Waals surface area contributed by atoms with Crippen molar-refractivity contribution in [1.29, 1.82) is 0 Å². The van der Waals surface area contributed by atoms with E-state index in [1.807, 2.05) is 0 Å². The zero-order valence-corrected chi connectivity index (χ0v) is 15.8. The van der Waals surface area contributed by atoms with E-state index >= 15 is 0 Å². The molecule has 2 heterocycles. The summed E-state index contributed by atoms with van der Waals surface area (Å²) in [5, 5.41) is 9.80. The van der Waals surface area contributed by atoms with Gasteiger partial charge in [-0.1, -0.05) is 29.5 Å². The molecule has 26 heavy (non-hydrogen) atoms. The lowest BCUT2D eigenvalue weighted by Crippen LogP contribution is -2.40. The van der Waals surface area contributed by atoms with Gasteiger partial charge in [0.25, 0.3) is 5.91 Å². The third-order valence-electron chi connectivity index (χ3n) is 4.67. The van der Waals surface area contributed by atoms with Crippen LogP contribution in [0, 0.1) is 19.8 Å². The van der Waals surface area contributed by atoms with E-state index in [1.165, 1.54) is 17.3 Å². The molecule has 0 saturated carbocycles. The van der Waals surface area contributed by atoms with Gasteiger partial charge in [-0.3, -0.25) is 9.59 Å². The molecule has 1 saturated heterocycles. The Balaban J connectivity index is 1.79. The van der Waals surface area contributed by atoms with Gasteiger partial charge in [-0.2, -0.15) is 0 Å². The second kappa shape index (κ2) is 7.91. The van der Waals surface area contributed by atoms with Crippen molar-refractivity contribution < 1.29 is 14.7 Å². The zero-order valence-electron chi connectivity index (χ0n) is 14.9. The summed E-state index contributed by atoms with van der Waals surface area (Å²) in [6, 6.07) is 9.78. The number of amides is 1. The van der Waals surface area contributed by atoms with Crippen molar-refractivity contribution in [2.24, 2.45) is 5.92 Å². The van der Waals surface area contributed by atoms with Crippen molar-refractivity contribution in [3.05, 3.63) is 53.2 Å². The number of rotatable bonds is 4. The lowest BCUT2D eigenvalue weighted by Gasteiger charge is -2.30. The molecule has 1 fully saturated rings. The highest BCUT2D eigenvalue weighted by atomic mass is 32.2. The molecule has 0 bridgehead atoms. The Labute approximate surface area is 157 Å². The van der Waals surface area contributed by atoms with Gasteiger partial charge in [-0.15, -0.1) is 0 Å². The van der Waals surface area contributed by atoms with Crippen molar-refractivity contribution in [3.63, 3.8) is 0 Å². The predicted octanol–water partition coefficient (Wildman–Crippen LogP) is 3.79. The van der Waals surface area contributed by atoms with Crippen LogP contribution in [0.3, 0.4) is 0 Å². The Bertz CT molecular complexity index is 830. The van der Waals surface area contributed by atoms with Crippen LogP contribution < -0.4 is 0 Å². The number of aryl methyl sites for hydroxylation is 2. The smallest absolute Gasteiger partial charge is 0.306 e. The van der Waals surface area contributed by atoms with E-state index in [9.17, 15) is 9.59 Å². The fourth-order valence-corrected chi connectivity index (χ4v) is 4.10. The highest BCUT2D eigenvalue weighted by molar-refractivity contribution is 7.99. The van der Waals surface area contributed by atoms with Crippen LogP contribution in [0.5, 0.6) is 0 Å². The van der Waals surface area contributed by atoms with E-state index in [0.717, 1.165) is 10.5 Å². The largest absolute Gasteiger partial charge is 0.481 e. The van der Waals surface area contributed by atoms with Crippen LogP contribution in [0.25, 0.3) is 0 Å². The number of pyridine rings is 1. The second-order valence-electron chi connectivity index (χ2n) is 6.63. The van der Waals surface area contributed by atoms with Crippen molar-refractivity contribution in [3.8, 4) is 0 Å². The minimum absolute atomic E-state index is 0.0748. The van der Waals surface area contributed by atoms with Crippen LogP contribution >= 0.6 is 11.8 Å². The fraction of sp³-hybridized carbons (Fsp3) is 0.350. The molecule has 0 unspecified atom stereocenters. The maximum Gasteiger partial charge on any atom is 0.306 e. The SMILES string of the molecule is Cc1ccc(Sc2ncccc2C(=O)N2CCC(C(=O)O)CC2)c(C)c1. The Morgan fingerprint density at radius 2 is 1.92 bits per heavy atom. The van der Waals surface area contributed by atoms with Gasteiger partial charge in [0.2, 0.25) is 0 Å². The number of hydrogen-bond acceptors (Lipinski definition) is 4. The highest BCUT2D eigenvalue weighted by Crippen LogP contribution is 2.32. The lowest BCUT2D eigenvalue weighted by atomic mass is 9.97. The molecule has 3 rings (SSSR count). The molecule has 1 aliphatic heterocycles. The number of carboxylic acids is 1. The summed E-state index contributed by atoms with van der Waals surface area (Å²) in [5.74, 6) is -1.20. The maximum atomic E-state index is 13.0. The number of aliphatic carboxylic acids is 1. The maximum absolute atomic E-state index is 13.0. The van der Waals surface area contributed by atoms with Crippen molar-refractivity contribution in [2.75, 3.05) is 13.1 Å². The first-order valence-electron chi connectivity index (χ1n) is 8.68. The Kier molecular flexibility index (Phi) is 5.61. The normalized spacial score (nSPS) is 15.1. The Morgan fingerprint density at radius 1 is 1.19 bits per heavy atom. The van der Waals surface area contributed by atoms with Gasteiger partial charge in [0.15, 0.2) is 0 Å². The first-order valence-corrected chi connectivity index (χ1v) is 9.49. The topological polar surface area (TPSA) is 70.5 Å². The molecule has 1 amide bonds. The van der Waals surface area contributed by atoms with Gasteiger partial charge < -0.3 is 10.0 Å². The molecular weight excluding hydrogens is 348 g/mol. The molecule has 0 aliphatic carbocycles. The van der Waals surface area contributed by atoms with Crippen LogP contribution in [-0.2, 0) is 4.79 Å². The molecule has 1 aliphatic rings. The van der Waals surface area contributed by atoms with Crippen molar-refractivity contribution >= 4 is 23.6 Å². The number of likely N-dealkylation sites (tertiary alicyclic amines) is 1. The summed E-state index contributed by atoms with van der Waals surface area (Å²) in [6.07, 6.45) is 2.70. The predicted molar refractivity (Wildman–Crippen MR) is 101 cm³/mol. The lowest BCUT2D eigenvalue weighted by molar-refractivity contribution is -0.143. The van der Waals surface area contributed by atoms with Gasteiger partial charge in [0.1, 0.15) is 5.03 Å². The van der Waals surface area contributed by atoms with Crippen LogP contribution in [-0.4, -0.2) is 40.0 Å². The van der Waals surface area contributed by atoms with E-state index in [1.54, 1.807) is 23.2 Å². The zero-order chi connectivity index (χ0) is 18.7. The summed E-state index contributed by atoms with van der Waals surface area (Å²) in [5.41, 5.74) is 2.93. The number of carbonyl (C=O) groups is 2. The van der Waals surface area contributed by atoms with Gasteiger partial charge in [-0.05, 0) is 50.5 Å². The van der Waals surface area contributed by atoms with Crippen LogP contribution in [0.1, 0.15) is 34.3 Å². The van der Waals surface area contributed by atoms with Crippen LogP contribution in [0.4, 0.5) is 0 Å². The molecule has 0 atom stereocenters. The average molecular weight is 370 g/mol. The number of carboxylic acid groups (broad SMARTS) is 1. The Morgan fingerprint density at radius 3 is 2.58 bits per heavy atom. The summed E-state index contributed by atoms with van der Waals surface area (Å²) in [6.45, 7) is 5.05. The number of aromatic nitrogens is 1. The number of benzene rings is 1. The molecule has 0 spiro atoms. The Hall–Kier alpha value is -2.34. The molecule has 0 radical (unpaired) electrons. The number of hydrogen-bond donors (Lipinski definition) is 1. The van der Waals surface area contributed by atoms with Crippen LogP contribution in [0.2, 0.25) is 0 Å². The van der Waals surface area contributed by atoms with E-state index in [0.29, 0.717) is 36.5 Å². The number of piperidine rings is 1. The van der Waals surface area contributed by atoms with Crippen molar-refractivity contribution in [1.82, 2.24) is 9.88 Å². The highest BCUT2D eigenvalue weighted by Gasteiger charge is 2.28. The minimum Gasteiger partial charge on any atom is -0.481 e. The molecule has 1 aromatic heterocycles. The van der Waals surface area contributed by atoms with E-state index in [2.05, 4.69) is 37.0 Å². The van der Waals surface area contributed by atoms with E-state index in [-0.39, 0.29) is 11.8 Å². The third kappa shape index (κ3) is 4.07. The van der Waals surface area contributed by atoms with Gasteiger partial charge in [0.05, 0.1) is 11.5 Å². The summed E-state index contributed by atoms with van der Waals surface area (Å²) in [4.78, 5) is 31.3. The van der Waals surface area contributed by atoms with Gasteiger partial charge in [0, 0.05) is 24.2 Å². The number of carbonyl (C=O) groups excluding carboxylic acids is 1. The van der Waals surface area contributed by atoms with Crippen LogP contribution in [0.15, 0.2) is 46.5 Å². The average Bonchev–Trinajstić information content (AvgIpc) is 2.64. The molecule has 2 aromatic rings. The molecule has 1 N–H and O–H groups in total. The summed E-state index contributed by atoms with van der Waals surface area (Å²) in [7, 11) is 0. The quantitative estimate of drug-likeness (QED) is 0.887. The molecule has 1 aromatic carbocycles. The molecule has 5 nitrogen and oxygen atoms in total. The minimum atomic E-state index is -0.774. The van der Waals surface area contributed by atoms with E-state index in [4.69, 9.17) is 5.11 Å². The third-order valence-corrected chi connectivity index (χ3v) is 5.87. The molecule has 6 heteroatoms. The van der Waals surface area contributed by atoms with E-state index < -0.39 is 5.97 Å². The molecular formula is C20H22N2O3S. The summed E-state index contributed by atoms with van der Waals surface area (Å²) < 4.78 is 0. The number of nitrogens with zero attached hydrogens (tertiary/aromatic N) is 2. The standard InChI is InChI=1S/C20H22N2O3S/c1-13-5-6-17(14(2)12-13)26-18-16(4-3-9-21-18)19(23)22-10-7-15(8-11-22)20(24)25/h3-6,9,12,15H,7-8,10-11H2,1-2H3,(H,24,25). The van der Waals surface area contributed by atoms with Gasteiger partial charge in [-0.25, -0.2) is 4.98 Å². The van der Waals surface area contributed by atoms with Crippen molar-refractivity contribution in [2.45, 2.75) is 36.6 Å². The second-order valence-corrected chi connectivity index (χ2v) is 7.66. The first kappa shape index (κ1) is 18.5. The first-order chi connectivity index (χ1) is 12.5. The van der Waals surface area contributed by atoms with Gasteiger partial charge >= 0.3 is 5.97 Å². The monoisotopic (exact) mass is 370 g/mol. The summed E-state index contributed by atoms with van der Waals surface area (Å²) >= 11 is 1.49.